The van der Waals surface area contributed by atoms with Crippen molar-refractivity contribution in [2.45, 2.75) is 14.7 Å². The molecule has 0 spiro atoms. The van der Waals surface area contributed by atoms with Crippen LogP contribution in [-0.2, 0) is 15.6 Å². The van der Waals surface area contributed by atoms with E-state index in [0.717, 1.165) is 16.9 Å². The second-order valence-corrected chi connectivity index (χ2v) is 7.21. The van der Waals surface area contributed by atoms with E-state index >= 15 is 0 Å². The van der Waals surface area contributed by atoms with Gasteiger partial charge in [-0.3, -0.25) is 0 Å². The number of hydrogen-bond donors (Lipinski definition) is 0. The van der Waals surface area contributed by atoms with E-state index in [0.29, 0.717) is 4.90 Å². The number of hydrogen-bond acceptors (Lipinski definition) is 2. The lowest BCUT2D eigenvalue weighted by Gasteiger charge is -2.10. The topological polar surface area (TPSA) is 26.3 Å². The predicted molar refractivity (Wildman–Crippen MR) is 92.7 cm³/mol. The molecular weight excluding hydrogens is 342 g/mol. The lowest BCUT2D eigenvalue weighted by Crippen LogP contribution is -2.11. The van der Waals surface area contributed by atoms with Gasteiger partial charge in [0.05, 0.1) is 18.0 Å². The van der Waals surface area contributed by atoms with Crippen molar-refractivity contribution in [2.75, 3.05) is 7.11 Å². The molecule has 0 amide bonds. The first kappa shape index (κ1) is 17.2. The first-order chi connectivity index (χ1) is 12.1. The molecule has 3 aromatic carbocycles. The largest absolute Gasteiger partial charge is 0.465 e. The van der Waals surface area contributed by atoms with Crippen molar-refractivity contribution in [1.82, 2.24) is 0 Å². The van der Waals surface area contributed by atoms with Crippen molar-refractivity contribution in [3.05, 3.63) is 90.0 Å². The highest BCUT2D eigenvalue weighted by Crippen LogP contribution is 2.32. The van der Waals surface area contributed by atoms with Gasteiger partial charge in [-0.1, -0.05) is 36.4 Å². The molecule has 0 unspecified atom stereocenters. The highest BCUT2D eigenvalue weighted by Gasteiger charge is 2.32. The van der Waals surface area contributed by atoms with E-state index in [1.165, 1.54) is 12.1 Å². The molecule has 0 bridgehead atoms. The van der Waals surface area contributed by atoms with Crippen LogP contribution in [-0.4, -0.2) is 13.1 Å². The molecule has 5 heteroatoms. The van der Waals surface area contributed by atoms with Gasteiger partial charge in [0.15, 0.2) is 14.7 Å². The monoisotopic (exact) mass is 357 g/mol. The molecule has 0 saturated carbocycles. The number of carbonyl (C=O) groups excluding carboxylic acids is 1. The summed E-state index contributed by atoms with van der Waals surface area (Å²) in [7, 11) is 0.400. The van der Waals surface area contributed by atoms with E-state index in [1.807, 2.05) is 60.7 Å². The van der Waals surface area contributed by atoms with Crippen LogP contribution in [0.1, 0.15) is 10.4 Å². The summed E-state index contributed by atoms with van der Waals surface area (Å²) in [6, 6.07) is 21.4. The number of halogens is 2. The summed E-state index contributed by atoms with van der Waals surface area (Å²) in [5.41, 5.74) is -0.670. The zero-order chi connectivity index (χ0) is 17.8. The normalized spacial score (nSPS) is 10.7. The highest BCUT2D eigenvalue weighted by molar-refractivity contribution is 7.97. The molecule has 0 aliphatic rings. The van der Waals surface area contributed by atoms with E-state index in [2.05, 4.69) is 4.74 Å². The van der Waals surface area contributed by atoms with Crippen LogP contribution >= 0.6 is 0 Å². The number of carbonyl (C=O) groups is 1. The second-order valence-electron chi connectivity index (χ2n) is 5.19. The average Bonchev–Trinajstić information content (AvgIpc) is 2.63. The Morgan fingerprint density at radius 1 is 0.800 bits per heavy atom. The Bertz CT molecular complexity index is 820. The van der Waals surface area contributed by atoms with Crippen LogP contribution in [0.25, 0.3) is 0 Å². The van der Waals surface area contributed by atoms with Gasteiger partial charge in [-0.05, 0) is 24.3 Å². The fourth-order valence-corrected chi connectivity index (χ4v) is 4.60. The van der Waals surface area contributed by atoms with Gasteiger partial charge in [-0.2, -0.15) is 0 Å². The van der Waals surface area contributed by atoms with Gasteiger partial charge in [0.25, 0.3) is 0 Å². The predicted octanol–water partition coefficient (Wildman–Crippen LogP) is 4.85. The Morgan fingerprint density at radius 2 is 1.24 bits per heavy atom. The van der Waals surface area contributed by atoms with E-state index in [1.54, 1.807) is 0 Å². The van der Waals surface area contributed by atoms with Crippen LogP contribution in [0, 0.1) is 11.6 Å². The molecule has 25 heavy (non-hydrogen) atoms. The lowest BCUT2D eigenvalue weighted by atomic mass is 10.2. The number of ether oxygens (including phenoxy) is 1. The van der Waals surface area contributed by atoms with Crippen LogP contribution in [0.5, 0.6) is 0 Å². The first-order valence-electron chi connectivity index (χ1n) is 7.53. The van der Waals surface area contributed by atoms with Crippen molar-refractivity contribution in [3.8, 4) is 0 Å². The maximum atomic E-state index is 14.4. The van der Waals surface area contributed by atoms with Gasteiger partial charge in [-0.15, -0.1) is 0 Å². The van der Waals surface area contributed by atoms with Crippen molar-refractivity contribution in [2.24, 2.45) is 0 Å². The van der Waals surface area contributed by atoms with Crippen molar-refractivity contribution in [1.29, 1.82) is 0 Å². The van der Waals surface area contributed by atoms with Gasteiger partial charge in [-0.25, -0.2) is 13.6 Å². The first-order valence-corrected chi connectivity index (χ1v) is 8.76. The quantitative estimate of drug-likeness (QED) is 0.493. The maximum absolute atomic E-state index is 14.4. The zero-order valence-corrected chi connectivity index (χ0v) is 14.2. The third kappa shape index (κ3) is 3.56. The van der Waals surface area contributed by atoms with Crippen LogP contribution in [0.3, 0.4) is 0 Å². The van der Waals surface area contributed by atoms with Crippen LogP contribution in [0.4, 0.5) is 8.78 Å². The number of benzene rings is 3. The molecule has 0 heterocycles. The molecule has 0 fully saturated rings. The molecule has 0 atom stereocenters. The molecule has 126 valence electrons. The van der Waals surface area contributed by atoms with Gasteiger partial charge >= 0.3 is 5.97 Å². The smallest absolute Gasteiger partial charge is 0.343 e. The summed E-state index contributed by atoms with van der Waals surface area (Å²) in [5.74, 6) is -2.88. The fraction of sp³-hybridized carbons (Fsp3) is 0.0500. The molecule has 3 rings (SSSR count). The minimum Gasteiger partial charge on any atom is -0.465 e. The van der Waals surface area contributed by atoms with Gasteiger partial charge in [0.2, 0.25) is 0 Å². The Kier molecular flexibility index (Phi) is 5.14. The maximum Gasteiger partial charge on any atom is 0.343 e. The molecular formula is C20H15F2O2S+. The minimum atomic E-state index is -1.03. The standard InChI is InChI=1S/C20H15F2O2S/c1-24-20(23)19-17(21)12-16(13-18(19)22)25(14-8-4-2-5-9-14)15-10-6-3-7-11-15/h2-13H,1H3/q+1. The van der Waals surface area contributed by atoms with Crippen molar-refractivity contribution >= 4 is 16.9 Å². The molecule has 0 saturated heterocycles. The summed E-state index contributed by atoms with van der Waals surface area (Å²) in [6.07, 6.45) is 0. The van der Waals surface area contributed by atoms with E-state index in [4.69, 9.17) is 0 Å². The zero-order valence-electron chi connectivity index (χ0n) is 13.4. The molecule has 2 nitrogen and oxygen atoms in total. The molecule has 3 aromatic rings. The average molecular weight is 357 g/mol. The van der Waals surface area contributed by atoms with Gasteiger partial charge in [0.1, 0.15) is 17.2 Å². The van der Waals surface area contributed by atoms with E-state index in [-0.39, 0.29) is 0 Å². The SMILES string of the molecule is COC(=O)c1c(F)cc([S+](c2ccccc2)c2ccccc2)cc1F. The third-order valence-electron chi connectivity index (χ3n) is 3.60. The Hall–Kier alpha value is -2.66. The second kappa shape index (κ2) is 7.49. The van der Waals surface area contributed by atoms with Crippen LogP contribution in [0.2, 0.25) is 0 Å². The summed E-state index contributed by atoms with van der Waals surface area (Å²) in [5, 5.41) is 0. The van der Waals surface area contributed by atoms with Gasteiger partial charge in [0, 0.05) is 12.1 Å². The summed E-state index contributed by atoms with van der Waals surface area (Å²) >= 11 is 0. The van der Waals surface area contributed by atoms with E-state index < -0.39 is 34.1 Å². The summed E-state index contributed by atoms with van der Waals surface area (Å²) < 4.78 is 33.3. The summed E-state index contributed by atoms with van der Waals surface area (Å²) in [6.45, 7) is 0. The van der Waals surface area contributed by atoms with Crippen molar-refractivity contribution < 1.29 is 18.3 Å². The molecule has 0 N–H and O–H groups in total. The Labute approximate surface area is 147 Å². The Morgan fingerprint density at radius 3 is 1.64 bits per heavy atom. The molecule has 0 radical (unpaired) electrons. The van der Waals surface area contributed by atoms with Crippen LogP contribution < -0.4 is 0 Å². The van der Waals surface area contributed by atoms with Gasteiger partial charge < -0.3 is 4.74 Å². The minimum absolute atomic E-state index is 0.458. The molecule has 0 aliphatic heterocycles. The number of esters is 1. The highest BCUT2D eigenvalue weighted by atomic mass is 32.2. The molecule has 0 aliphatic carbocycles. The van der Waals surface area contributed by atoms with E-state index in [9.17, 15) is 13.6 Å². The van der Waals surface area contributed by atoms with Crippen molar-refractivity contribution in [3.63, 3.8) is 0 Å². The third-order valence-corrected chi connectivity index (χ3v) is 5.79. The fourth-order valence-electron chi connectivity index (χ4n) is 2.49. The number of rotatable bonds is 4. The number of methoxy groups -OCH3 is 1. The Balaban J connectivity index is 2.16. The lowest BCUT2D eigenvalue weighted by molar-refractivity contribution is 0.0589. The van der Waals surface area contributed by atoms with Crippen LogP contribution in [0.15, 0.2) is 87.5 Å². The summed E-state index contributed by atoms with van der Waals surface area (Å²) in [4.78, 5) is 13.9. The molecule has 0 aromatic heterocycles.